The van der Waals surface area contributed by atoms with Gasteiger partial charge in [-0.1, -0.05) is 0 Å². The summed E-state index contributed by atoms with van der Waals surface area (Å²) in [4.78, 5) is 32.0. The van der Waals surface area contributed by atoms with Gasteiger partial charge in [0.05, 0.1) is 32.0 Å². The third kappa shape index (κ3) is 11.3. The van der Waals surface area contributed by atoms with Crippen LogP contribution < -0.4 is 0 Å². The Morgan fingerprint density at radius 3 is 1.77 bits per heavy atom. The summed E-state index contributed by atoms with van der Waals surface area (Å²) in [5.41, 5.74) is 0. The Labute approximate surface area is 238 Å². The second-order valence-electron chi connectivity index (χ2n) is 9.73. The molecular weight excluding hydrogens is 575 g/mol. The molecule has 0 spiro atoms. The molecule has 3 heterocycles. The molecule has 3 rings (SSSR count). The van der Waals surface area contributed by atoms with Gasteiger partial charge in [-0.05, 0) is 31.1 Å². The summed E-state index contributed by atoms with van der Waals surface area (Å²) in [5.74, 6) is 0. The maximum absolute atomic E-state index is 12.7. The lowest BCUT2D eigenvalue weighted by Gasteiger charge is -2.27. The van der Waals surface area contributed by atoms with Crippen LogP contribution in [0.1, 0.15) is 19.3 Å². The highest BCUT2D eigenvalue weighted by Gasteiger charge is 2.43. The average molecular weight is 610 g/mol. The molecule has 11 atom stereocenters. The molecule has 0 aromatic carbocycles. The van der Waals surface area contributed by atoms with Crippen LogP contribution in [0.2, 0.25) is 0 Å². The highest BCUT2D eigenvalue weighted by Crippen LogP contribution is 2.50. The predicted octanol–water partition coefficient (Wildman–Crippen LogP) is -0.687. The molecule has 3 saturated heterocycles. The minimum Gasteiger partial charge on any atom is -0.380 e. The van der Waals surface area contributed by atoms with Gasteiger partial charge in [-0.3, -0.25) is 18.7 Å². The Bertz CT molecular complexity index is 886. The van der Waals surface area contributed by atoms with E-state index in [-0.39, 0.29) is 26.1 Å². The number of ether oxygens (including phenoxy) is 3. The van der Waals surface area contributed by atoms with Gasteiger partial charge in [0.2, 0.25) is 0 Å². The number of hydroxylamine groups is 4. The Balaban J connectivity index is 1.51. The molecule has 0 aromatic rings. The van der Waals surface area contributed by atoms with Crippen molar-refractivity contribution in [1.82, 2.24) is 10.1 Å². The van der Waals surface area contributed by atoms with E-state index in [0.717, 1.165) is 0 Å². The first-order chi connectivity index (χ1) is 18.1. The Kier molecular flexibility index (Phi) is 12.9. The molecule has 0 bridgehead atoms. The Hall–Kier alpha value is 0.555. The molecule has 2 N–H and O–H groups in total. The van der Waals surface area contributed by atoms with Crippen LogP contribution in [-0.2, 0) is 58.4 Å². The first kappa shape index (κ1) is 34.0. The van der Waals surface area contributed by atoms with E-state index in [1.165, 1.54) is 10.1 Å². The normalized spacial score (nSPS) is 38.4. The molecule has 3 aliphatic rings. The van der Waals surface area contributed by atoms with E-state index < -0.39 is 75.8 Å². The van der Waals surface area contributed by atoms with Crippen molar-refractivity contribution >= 4 is 49.9 Å². The van der Waals surface area contributed by atoms with Crippen LogP contribution >= 0.6 is 14.5 Å². The predicted molar refractivity (Wildman–Crippen MR) is 143 cm³/mol. The Morgan fingerprint density at radius 1 is 0.769 bits per heavy atom. The average Bonchev–Trinajstić information content (AvgIpc) is 3.44. The SMILES string of the molecule is [B]C1CC(ON(C)C)C(COP(O)(=S)OC2CC([B])OC2COP(=O)(O)OC2CC([B])OC2CON(C)C)O1. The van der Waals surface area contributed by atoms with Gasteiger partial charge < -0.3 is 33.0 Å². The van der Waals surface area contributed by atoms with Crippen molar-refractivity contribution in [1.29, 1.82) is 0 Å². The van der Waals surface area contributed by atoms with Crippen LogP contribution in [-0.4, -0.2) is 146 Å². The van der Waals surface area contributed by atoms with Crippen molar-refractivity contribution in [3.8, 4) is 0 Å². The molecule has 0 aliphatic carbocycles. The summed E-state index contributed by atoms with van der Waals surface area (Å²) in [6, 6.07) is -2.04. The molecule has 3 aliphatic heterocycles. The fourth-order valence-electron chi connectivity index (χ4n) is 4.25. The van der Waals surface area contributed by atoms with Gasteiger partial charge in [0, 0.05) is 46.2 Å². The molecule has 20 heteroatoms. The van der Waals surface area contributed by atoms with Crippen LogP contribution in [0.5, 0.6) is 0 Å². The number of phosphoric ester groups is 1. The van der Waals surface area contributed by atoms with Gasteiger partial charge in [0.25, 0.3) is 0 Å². The second-order valence-corrected chi connectivity index (χ2v) is 13.9. The van der Waals surface area contributed by atoms with Crippen LogP contribution in [0.25, 0.3) is 0 Å². The fourth-order valence-corrected chi connectivity index (χ4v) is 6.68. The molecule has 3 fully saturated rings. The van der Waals surface area contributed by atoms with Gasteiger partial charge in [-0.15, -0.1) is 0 Å². The van der Waals surface area contributed by atoms with E-state index in [2.05, 4.69) is 0 Å². The lowest BCUT2D eigenvalue weighted by molar-refractivity contribution is -0.182. The molecule has 39 heavy (non-hydrogen) atoms. The first-order valence-electron chi connectivity index (χ1n) is 12.3. The van der Waals surface area contributed by atoms with E-state index in [0.29, 0.717) is 6.42 Å². The minimum absolute atomic E-state index is 0.0584. The second kappa shape index (κ2) is 14.8. The fraction of sp³-hybridized carbons (Fsp3) is 1.00. The van der Waals surface area contributed by atoms with Crippen LogP contribution in [0.15, 0.2) is 0 Å². The summed E-state index contributed by atoms with van der Waals surface area (Å²) in [5, 5.41) is 2.97. The minimum atomic E-state index is -4.59. The van der Waals surface area contributed by atoms with Crippen LogP contribution in [0, 0.1) is 0 Å². The smallest absolute Gasteiger partial charge is 0.380 e. The third-order valence-corrected chi connectivity index (χ3v) is 8.47. The number of nitrogens with zero attached hydrogens (tertiary/aromatic N) is 2. The van der Waals surface area contributed by atoms with Gasteiger partial charge in [0.15, 0.2) is 0 Å². The number of rotatable bonds is 15. The maximum Gasteiger partial charge on any atom is 0.472 e. The lowest BCUT2D eigenvalue weighted by atomic mass is 9.96. The van der Waals surface area contributed by atoms with Gasteiger partial charge in [-0.2, -0.15) is 10.1 Å². The van der Waals surface area contributed by atoms with Gasteiger partial charge in [0.1, 0.15) is 48.0 Å². The zero-order valence-electron chi connectivity index (χ0n) is 22.3. The van der Waals surface area contributed by atoms with Crippen LogP contribution in [0.3, 0.4) is 0 Å². The summed E-state index contributed by atoms with van der Waals surface area (Å²) in [7, 11) is 19.8. The molecule has 0 saturated carbocycles. The standard InChI is InChI=1S/C19H35B3N2O12P2S/c1-23(2)28-8-14-12(6-18(21)31-14)35-37(25,26)29-9-16-13(7-19(22)33-16)36-38(27,39)30-10-15-11(34-24(3)4)5-17(20)32-15/h11-19H,5-10H2,1-4H3,(H,25,26)(H,27,39). The molecule has 218 valence electrons. The largest absolute Gasteiger partial charge is 0.472 e. The Morgan fingerprint density at radius 2 is 1.23 bits per heavy atom. The monoisotopic (exact) mass is 610 g/mol. The molecule has 6 radical (unpaired) electrons. The quantitative estimate of drug-likeness (QED) is 0.137. The van der Waals surface area contributed by atoms with E-state index in [1.54, 1.807) is 28.2 Å². The molecule has 14 nitrogen and oxygen atoms in total. The number of phosphoric acid groups is 1. The van der Waals surface area contributed by atoms with Gasteiger partial charge in [-0.25, -0.2) is 4.57 Å². The molecular formula is C19H35B3N2O12P2S. The maximum atomic E-state index is 12.7. The topological polar surface area (TPSA) is 147 Å². The number of hydrogen-bond donors (Lipinski definition) is 2. The summed E-state index contributed by atoms with van der Waals surface area (Å²) in [6.45, 7) is -4.34. The van der Waals surface area contributed by atoms with E-state index in [4.69, 9.17) is 77.3 Å². The van der Waals surface area contributed by atoms with Crippen molar-refractivity contribution in [2.75, 3.05) is 48.0 Å². The molecule has 11 unspecified atom stereocenters. The summed E-state index contributed by atoms with van der Waals surface area (Å²) in [6.07, 6.45) is -3.64. The zero-order valence-corrected chi connectivity index (χ0v) is 25.0. The van der Waals surface area contributed by atoms with Crippen molar-refractivity contribution in [2.45, 2.75) is 73.9 Å². The van der Waals surface area contributed by atoms with Crippen molar-refractivity contribution in [3.63, 3.8) is 0 Å². The lowest BCUT2D eigenvalue weighted by Crippen LogP contribution is -2.34. The third-order valence-electron chi connectivity index (χ3n) is 5.87. The van der Waals surface area contributed by atoms with Gasteiger partial charge >= 0.3 is 14.5 Å². The van der Waals surface area contributed by atoms with Crippen LogP contribution in [0.4, 0.5) is 0 Å². The zero-order chi connectivity index (χ0) is 29.0. The number of hydrogen-bond acceptors (Lipinski definition) is 13. The van der Waals surface area contributed by atoms with Crippen molar-refractivity contribution in [3.05, 3.63) is 0 Å². The summed E-state index contributed by atoms with van der Waals surface area (Å²) < 4.78 is 50.9. The summed E-state index contributed by atoms with van der Waals surface area (Å²) >= 11 is 5.16. The molecule has 0 amide bonds. The van der Waals surface area contributed by atoms with Crippen molar-refractivity contribution in [2.24, 2.45) is 0 Å². The highest BCUT2D eigenvalue weighted by molar-refractivity contribution is 8.07. The van der Waals surface area contributed by atoms with Crippen molar-refractivity contribution < 1.29 is 56.3 Å². The van der Waals surface area contributed by atoms with E-state index in [9.17, 15) is 14.4 Å². The molecule has 0 aromatic heterocycles. The van der Waals surface area contributed by atoms with E-state index >= 15 is 0 Å². The van der Waals surface area contributed by atoms with E-state index in [1.807, 2.05) is 0 Å². The highest BCUT2D eigenvalue weighted by atomic mass is 32.5. The first-order valence-corrected chi connectivity index (χ1v) is 16.4.